The molecule has 4 aliphatic rings. The molecule has 0 saturated heterocycles. The molecule has 0 unspecified atom stereocenters. The molecule has 0 saturated carbocycles. The number of hydrogen-bond acceptors (Lipinski definition) is 0. The second-order valence-electron chi connectivity index (χ2n) is 6.01. The van der Waals surface area contributed by atoms with Crippen LogP contribution in [-0.2, 0) is 47.8 Å². The van der Waals surface area contributed by atoms with Crippen LogP contribution in [0.15, 0.2) is 72.9 Å². The molecule has 0 bridgehead atoms. The van der Waals surface area contributed by atoms with Crippen molar-refractivity contribution >= 4 is 31.3 Å². The third-order valence-electron chi connectivity index (χ3n) is 2.34. The molecule has 30 heavy (non-hydrogen) atoms. The van der Waals surface area contributed by atoms with Crippen LogP contribution in [0.5, 0.6) is 0 Å². The van der Waals surface area contributed by atoms with Crippen LogP contribution in [0, 0.1) is 24.3 Å². The molecular weight excluding hydrogens is 740 g/mol. The normalized spacial score (nSPS) is 13.6. The summed E-state index contributed by atoms with van der Waals surface area (Å²) in [5, 5.41) is 0. The number of allylic oxidation sites excluding steroid dienone is 16. The summed E-state index contributed by atoms with van der Waals surface area (Å²) in [5.74, 6) is 0. The molecule has 0 N–H and O–H groups in total. The average molecular weight is 774 g/mol. The van der Waals surface area contributed by atoms with Crippen molar-refractivity contribution in [2.45, 2.75) is 53.4 Å². The van der Waals surface area contributed by atoms with Gasteiger partial charge in [0.2, 0.25) is 0 Å². The van der Waals surface area contributed by atoms with Gasteiger partial charge in [-0.1, -0.05) is 0 Å². The Morgan fingerprint density at radius 2 is 0.667 bits per heavy atom. The maximum absolute atomic E-state index is 2.99. The third-order valence-corrected chi connectivity index (χ3v) is 2.34. The molecule has 0 atom stereocenters. The molecule has 0 aromatic heterocycles. The Bertz CT molecular complexity index is 483. The molecule has 0 aromatic carbocycles. The van der Waals surface area contributed by atoms with Crippen molar-refractivity contribution in [3.8, 4) is 0 Å². The zero-order chi connectivity index (χ0) is 21.3. The summed E-state index contributed by atoms with van der Waals surface area (Å²) in [7, 11) is 0. The first-order chi connectivity index (χ1) is 13.5. The first-order valence-electron chi connectivity index (χ1n) is 9.37. The average Bonchev–Trinajstić information content (AvgIpc) is 3.52. The van der Waals surface area contributed by atoms with E-state index in [0.29, 0.717) is 0 Å². The van der Waals surface area contributed by atoms with Gasteiger partial charge in [0.05, 0.1) is 0 Å². The summed E-state index contributed by atoms with van der Waals surface area (Å²) in [6.45, 7) is 8.58. The van der Waals surface area contributed by atoms with Gasteiger partial charge in [-0.3, -0.25) is 24.3 Å². The van der Waals surface area contributed by atoms with Gasteiger partial charge in [-0.25, -0.2) is 48.6 Å². The third kappa shape index (κ3) is 51.0. The molecule has 0 amide bonds. The van der Waals surface area contributed by atoms with E-state index in [1.807, 2.05) is 48.6 Å². The van der Waals surface area contributed by atoms with E-state index in [1.165, 1.54) is 47.8 Å². The van der Waals surface area contributed by atoms with Crippen LogP contribution in [0.2, 0.25) is 0 Å². The minimum absolute atomic E-state index is 0. The smallest absolute Gasteiger partial charge is 0.109 e. The molecule has 160 valence electrons. The minimum atomic E-state index is 0. The van der Waals surface area contributed by atoms with Crippen molar-refractivity contribution in [2.24, 2.45) is 0 Å². The predicted octanol–water partition coefficient (Wildman–Crippen LogP) is 7.56. The van der Waals surface area contributed by atoms with Crippen LogP contribution < -0.4 is 0 Å². The molecule has 0 radical (unpaired) electrons. The Labute approximate surface area is 227 Å². The Morgan fingerprint density at radius 1 is 0.500 bits per heavy atom. The maximum atomic E-state index is 2.99. The van der Waals surface area contributed by atoms with Crippen LogP contribution in [0.1, 0.15) is 53.4 Å². The monoisotopic (exact) mass is 776 g/mol. The van der Waals surface area contributed by atoms with Crippen LogP contribution in [0.25, 0.3) is 0 Å². The Kier molecular flexibility index (Phi) is 41.8. The second-order valence-corrected chi connectivity index (χ2v) is 13.2. The molecule has 0 spiro atoms. The fourth-order valence-electron chi connectivity index (χ4n) is 1.36. The van der Waals surface area contributed by atoms with Crippen molar-refractivity contribution in [3.05, 3.63) is 97.2 Å². The van der Waals surface area contributed by atoms with Gasteiger partial charge < -0.3 is 0 Å². The molecule has 0 nitrogen and oxygen atoms in total. The molecule has 0 heterocycles. The van der Waals surface area contributed by atoms with E-state index in [0.717, 1.165) is 25.7 Å². The van der Waals surface area contributed by atoms with Crippen molar-refractivity contribution in [1.29, 1.82) is 0 Å². The number of halogens is 2. The predicted molar refractivity (Wildman–Crippen MR) is 133 cm³/mol. The van der Waals surface area contributed by atoms with Gasteiger partial charge in [-0.2, -0.15) is 24.3 Å². The van der Waals surface area contributed by atoms with Crippen LogP contribution >= 0.6 is 24.8 Å². The molecule has 4 heteroatoms. The van der Waals surface area contributed by atoms with E-state index >= 15 is 0 Å². The van der Waals surface area contributed by atoms with Crippen molar-refractivity contribution in [3.63, 3.8) is 0 Å². The quantitative estimate of drug-likeness (QED) is 0.176. The van der Waals surface area contributed by atoms with Gasteiger partial charge in [-0.05, 0) is 0 Å². The zero-order valence-corrected chi connectivity index (χ0v) is 27.4. The molecule has 0 aromatic rings. The van der Waals surface area contributed by atoms with E-state index in [1.54, 1.807) is 6.51 Å². The van der Waals surface area contributed by atoms with E-state index in [4.69, 9.17) is 0 Å². The SMILES string of the molecule is C[C](C)=[Hf+2].C[C](C)=[Hf+2].Cl.Cl.[C-]1=CC=CC1.[C-]1=CC=CC1.[C-]1=CC=CC1.[C-]1=CC=CC1. The van der Waals surface area contributed by atoms with Crippen molar-refractivity contribution in [1.82, 2.24) is 0 Å². The summed E-state index contributed by atoms with van der Waals surface area (Å²) >= 11 is 2.53. The van der Waals surface area contributed by atoms with Crippen LogP contribution in [0.4, 0.5) is 0 Å². The van der Waals surface area contributed by atoms with Crippen molar-refractivity contribution < 1.29 is 47.8 Å². The van der Waals surface area contributed by atoms with Gasteiger partial charge in [0, 0.05) is 0 Å². The topological polar surface area (TPSA) is 0 Å². The first-order valence-corrected chi connectivity index (χ1v) is 13.0. The summed E-state index contributed by atoms with van der Waals surface area (Å²) in [6.07, 6.45) is 40.0. The van der Waals surface area contributed by atoms with Crippen LogP contribution in [-0.4, -0.2) is 6.51 Å². The summed E-state index contributed by atoms with van der Waals surface area (Å²) < 4.78 is 3.11. The van der Waals surface area contributed by atoms with E-state index in [9.17, 15) is 0 Å². The second kappa shape index (κ2) is 33.6. The fourth-order valence-corrected chi connectivity index (χ4v) is 1.36. The summed E-state index contributed by atoms with van der Waals surface area (Å²) in [5.41, 5.74) is 0. The Morgan fingerprint density at radius 3 is 0.700 bits per heavy atom. The maximum Gasteiger partial charge on any atom is -0.109 e. The van der Waals surface area contributed by atoms with Gasteiger partial charge in [0.25, 0.3) is 0 Å². The van der Waals surface area contributed by atoms with E-state index in [-0.39, 0.29) is 24.8 Å². The van der Waals surface area contributed by atoms with E-state index in [2.05, 4.69) is 76.3 Å². The van der Waals surface area contributed by atoms with Gasteiger partial charge in [-0.15, -0.1) is 50.5 Å². The molecular formula is C26H34Cl2Hf2. The van der Waals surface area contributed by atoms with Crippen LogP contribution in [0.3, 0.4) is 0 Å². The minimum Gasteiger partial charge on any atom is -0.273 e. The standard InChI is InChI=1S/4C5H5.2C3H6.2ClH.2Hf/c4*1-2-4-5-3-1;2*1-3-2;;;;/h4*1-3H,4H2;2*1-2H3;2*1H;;/q4*-1;;;;;2*+2. The molecule has 0 aliphatic heterocycles. The fraction of sp³-hybridized carbons (Fsp3) is 0.308. The summed E-state index contributed by atoms with van der Waals surface area (Å²) in [6, 6.07) is 0. The summed E-state index contributed by atoms with van der Waals surface area (Å²) in [4.78, 5) is 0. The molecule has 4 rings (SSSR count). The molecule has 0 fully saturated rings. The number of hydrogen-bond donors (Lipinski definition) is 0. The number of rotatable bonds is 0. The van der Waals surface area contributed by atoms with Gasteiger partial charge in [0.15, 0.2) is 0 Å². The first kappa shape index (κ1) is 37.3. The zero-order valence-electron chi connectivity index (χ0n) is 18.6. The Balaban J connectivity index is -0.000000134. The van der Waals surface area contributed by atoms with E-state index < -0.39 is 0 Å². The molecule has 4 aliphatic carbocycles. The van der Waals surface area contributed by atoms with Gasteiger partial charge >= 0.3 is 82.0 Å². The van der Waals surface area contributed by atoms with Crippen molar-refractivity contribution in [2.75, 3.05) is 0 Å². The largest absolute Gasteiger partial charge is 0.273 e. The van der Waals surface area contributed by atoms with Gasteiger partial charge in [0.1, 0.15) is 0 Å². The Hall–Kier alpha value is -0.0197.